The molecule has 1 fully saturated rings. The zero-order chi connectivity index (χ0) is 12.5. The van der Waals surface area contributed by atoms with Crippen LogP contribution in [0.15, 0.2) is 18.2 Å². The second-order valence-electron chi connectivity index (χ2n) is 5.01. The fourth-order valence-corrected chi connectivity index (χ4v) is 3.65. The van der Waals surface area contributed by atoms with Gasteiger partial charge in [0.25, 0.3) is 0 Å². The molecular formula is C14H20ClN3S. The Bertz CT molecular complexity index is 549. The fraction of sp³-hybridized carbons (Fsp3) is 0.500. The standard InChI is InChI=1S/C14H19N3S.ClH/c1-10-4-3-5-12-13(10)16-14(18-12)17(2)11-6-8-15-9-7-11;/h3-5,11,15H,6-9H2,1-2H3;1H. The van der Waals surface area contributed by atoms with Gasteiger partial charge in [0.1, 0.15) is 0 Å². The minimum Gasteiger partial charge on any atom is -0.348 e. The van der Waals surface area contributed by atoms with Crippen LogP contribution in [0.1, 0.15) is 18.4 Å². The Morgan fingerprint density at radius 3 is 2.74 bits per heavy atom. The molecular weight excluding hydrogens is 278 g/mol. The summed E-state index contributed by atoms with van der Waals surface area (Å²) >= 11 is 1.81. The summed E-state index contributed by atoms with van der Waals surface area (Å²) in [7, 11) is 2.18. The van der Waals surface area contributed by atoms with Crippen molar-refractivity contribution < 1.29 is 0 Å². The summed E-state index contributed by atoms with van der Waals surface area (Å²) in [5.74, 6) is 0. The van der Waals surface area contributed by atoms with Crippen LogP contribution in [0.25, 0.3) is 10.2 Å². The van der Waals surface area contributed by atoms with E-state index < -0.39 is 0 Å². The van der Waals surface area contributed by atoms with Crippen LogP contribution in [0.5, 0.6) is 0 Å². The van der Waals surface area contributed by atoms with Gasteiger partial charge in [-0.2, -0.15) is 0 Å². The predicted molar refractivity (Wildman–Crippen MR) is 85.9 cm³/mol. The van der Waals surface area contributed by atoms with Gasteiger partial charge in [-0.25, -0.2) is 4.98 Å². The van der Waals surface area contributed by atoms with E-state index in [1.54, 1.807) is 0 Å². The zero-order valence-electron chi connectivity index (χ0n) is 11.3. The van der Waals surface area contributed by atoms with Gasteiger partial charge in [-0.3, -0.25) is 0 Å². The molecule has 1 aliphatic heterocycles. The Hall–Kier alpha value is -0.840. The molecule has 1 aromatic carbocycles. The van der Waals surface area contributed by atoms with Crippen molar-refractivity contribution >= 4 is 39.1 Å². The van der Waals surface area contributed by atoms with E-state index in [0.717, 1.165) is 18.2 Å². The maximum Gasteiger partial charge on any atom is 0.186 e. The van der Waals surface area contributed by atoms with Crippen molar-refractivity contribution in [3.8, 4) is 0 Å². The lowest BCUT2D eigenvalue weighted by atomic mass is 10.1. The number of nitrogens with zero attached hydrogens (tertiary/aromatic N) is 2. The summed E-state index contributed by atoms with van der Waals surface area (Å²) in [5.41, 5.74) is 2.44. The first-order chi connectivity index (χ1) is 8.75. The number of benzene rings is 1. The second-order valence-corrected chi connectivity index (χ2v) is 6.02. The maximum atomic E-state index is 4.81. The van der Waals surface area contributed by atoms with Gasteiger partial charge in [0.15, 0.2) is 5.13 Å². The Morgan fingerprint density at radius 2 is 2.05 bits per heavy atom. The molecule has 0 radical (unpaired) electrons. The van der Waals surface area contributed by atoms with Gasteiger partial charge in [0.05, 0.1) is 10.2 Å². The zero-order valence-corrected chi connectivity index (χ0v) is 13.0. The van der Waals surface area contributed by atoms with Crippen molar-refractivity contribution in [2.75, 3.05) is 25.0 Å². The highest BCUT2D eigenvalue weighted by molar-refractivity contribution is 7.22. The molecule has 3 rings (SSSR count). The average molecular weight is 298 g/mol. The SMILES string of the molecule is Cc1cccc2sc(N(C)C3CCNCC3)nc12.Cl. The van der Waals surface area contributed by atoms with Crippen molar-refractivity contribution in [3.63, 3.8) is 0 Å². The molecule has 0 amide bonds. The smallest absolute Gasteiger partial charge is 0.186 e. The number of halogens is 1. The Morgan fingerprint density at radius 1 is 1.32 bits per heavy atom. The Kier molecular flexibility index (Phi) is 4.66. The summed E-state index contributed by atoms with van der Waals surface area (Å²) in [4.78, 5) is 7.18. The predicted octanol–water partition coefficient (Wildman–Crippen LogP) is 3.21. The largest absolute Gasteiger partial charge is 0.348 e. The van der Waals surface area contributed by atoms with E-state index in [-0.39, 0.29) is 12.4 Å². The summed E-state index contributed by atoms with van der Waals surface area (Å²) in [6.45, 7) is 4.38. The first kappa shape index (κ1) is 14.6. The molecule has 1 aromatic heterocycles. The topological polar surface area (TPSA) is 28.2 Å². The van der Waals surface area contributed by atoms with Crippen LogP contribution in [0.2, 0.25) is 0 Å². The van der Waals surface area contributed by atoms with E-state index >= 15 is 0 Å². The molecule has 3 nitrogen and oxygen atoms in total. The third-order valence-corrected chi connectivity index (χ3v) is 4.88. The van der Waals surface area contributed by atoms with Crippen LogP contribution in [-0.4, -0.2) is 31.2 Å². The first-order valence-electron chi connectivity index (χ1n) is 6.55. The highest BCUT2D eigenvalue weighted by Gasteiger charge is 2.20. The second kappa shape index (κ2) is 6.07. The summed E-state index contributed by atoms with van der Waals surface area (Å²) in [6.07, 6.45) is 2.43. The quantitative estimate of drug-likeness (QED) is 0.922. The minimum atomic E-state index is 0. The van der Waals surface area contributed by atoms with Gasteiger partial charge < -0.3 is 10.2 Å². The van der Waals surface area contributed by atoms with Gasteiger partial charge in [0, 0.05) is 13.1 Å². The number of nitrogens with one attached hydrogen (secondary N) is 1. The summed E-state index contributed by atoms with van der Waals surface area (Å²) < 4.78 is 1.30. The summed E-state index contributed by atoms with van der Waals surface area (Å²) in [6, 6.07) is 7.05. The Balaban J connectivity index is 0.00000133. The average Bonchev–Trinajstić information content (AvgIpc) is 2.84. The molecule has 0 unspecified atom stereocenters. The van der Waals surface area contributed by atoms with E-state index in [4.69, 9.17) is 4.98 Å². The number of para-hydroxylation sites is 1. The molecule has 2 aromatic rings. The van der Waals surface area contributed by atoms with E-state index in [9.17, 15) is 0 Å². The number of piperidine rings is 1. The van der Waals surface area contributed by atoms with Crippen LogP contribution >= 0.6 is 23.7 Å². The molecule has 19 heavy (non-hydrogen) atoms. The van der Waals surface area contributed by atoms with Gasteiger partial charge in [-0.1, -0.05) is 23.5 Å². The fourth-order valence-electron chi connectivity index (χ4n) is 2.58. The number of hydrogen-bond donors (Lipinski definition) is 1. The molecule has 0 atom stereocenters. The number of thiazole rings is 1. The lowest BCUT2D eigenvalue weighted by Gasteiger charge is -2.31. The molecule has 5 heteroatoms. The van der Waals surface area contributed by atoms with E-state index in [1.807, 2.05) is 11.3 Å². The van der Waals surface area contributed by atoms with Crippen LogP contribution in [0.4, 0.5) is 5.13 Å². The number of aromatic nitrogens is 1. The Labute approximate surface area is 124 Å². The van der Waals surface area contributed by atoms with E-state index in [2.05, 4.69) is 42.4 Å². The van der Waals surface area contributed by atoms with Crippen LogP contribution in [-0.2, 0) is 0 Å². The monoisotopic (exact) mass is 297 g/mol. The molecule has 0 saturated carbocycles. The first-order valence-corrected chi connectivity index (χ1v) is 7.37. The lowest BCUT2D eigenvalue weighted by Crippen LogP contribution is -2.41. The number of rotatable bonds is 2. The van der Waals surface area contributed by atoms with Gasteiger partial charge in [-0.15, -0.1) is 12.4 Å². The normalized spacial score (nSPS) is 16.3. The molecule has 1 N–H and O–H groups in total. The molecule has 0 aliphatic carbocycles. The highest BCUT2D eigenvalue weighted by Crippen LogP contribution is 2.31. The van der Waals surface area contributed by atoms with Gasteiger partial charge >= 0.3 is 0 Å². The summed E-state index contributed by atoms with van der Waals surface area (Å²) in [5, 5.41) is 4.57. The van der Waals surface area contributed by atoms with E-state index in [0.29, 0.717) is 6.04 Å². The van der Waals surface area contributed by atoms with Crippen molar-refractivity contribution in [1.82, 2.24) is 10.3 Å². The van der Waals surface area contributed by atoms with Gasteiger partial charge in [0.2, 0.25) is 0 Å². The number of fused-ring (bicyclic) bond motifs is 1. The third kappa shape index (κ3) is 2.86. The van der Waals surface area contributed by atoms with Crippen molar-refractivity contribution in [1.29, 1.82) is 0 Å². The molecule has 0 bridgehead atoms. The molecule has 1 saturated heterocycles. The molecule has 104 valence electrons. The number of hydrogen-bond acceptors (Lipinski definition) is 4. The third-order valence-electron chi connectivity index (χ3n) is 3.77. The number of aryl methyl sites for hydroxylation is 1. The van der Waals surface area contributed by atoms with E-state index in [1.165, 1.54) is 28.6 Å². The maximum absolute atomic E-state index is 4.81. The molecule has 0 spiro atoms. The lowest BCUT2D eigenvalue weighted by molar-refractivity contribution is 0.443. The van der Waals surface area contributed by atoms with Crippen LogP contribution in [0.3, 0.4) is 0 Å². The van der Waals surface area contributed by atoms with Crippen LogP contribution < -0.4 is 10.2 Å². The van der Waals surface area contributed by atoms with Crippen molar-refractivity contribution in [2.24, 2.45) is 0 Å². The highest BCUT2D eigenvalue weighted by atomic mass is 35.5. The van der Waals surface area contributed by atoms with Gasteiger partial charge in [-0.05, 0) is 44.5 Å². The van der Waals surface area contributed by atoms with Crippen molar-refractivity contribution in [3.05, 3.63) is 23.8 Å². The van der Waals surface area contributed by atoms with Crippen molar-refractivity contribution in [2.45, 2.75) is 25.8 Å². The number of anilines is 1. The molecule has 2 heterocycles. The van der Waals surface area contributed by atoms with Crippen LogP contribution in [0, 0.1) is 6.92 Å². The molecule has 1 aliphatic rings. The minimum absolute atomic E-state index is 0.